The van der Waals surface area contributed by atoms with E-state index in [1.54, 1.807) is 18.2 Å². The monoisotopic (exact) mass is 731 g/mol. The van der Waals surface area contributed by atoms with E-state index in [1.165, 1.54) is 19.1 Å². The van der Waals surface area contributed by atoms with Gasteiger partial charge in [0.25, 0.3) is 5.91 Å². The van der Waals surface area contributed by atoms with Gasteiger partial charge in [0.15, 0.2) is 0 Å². The van der Waals surface area contributed by atoms with Crippen molar-refractivity contribution in [1.82, 2.24) is 26.3 Å². The van der Waals surface area contributed by atoms with Crippen LogP contribution in [0.15, 0.2) is 18.2 Å². The first-order chi connectivity index (χ1) is 24.2. The van der Waals surface area contributed by atoms with Gasteiger partial charge < -0.3 is 35.1 Å². The summed E-state index contributed by atoms with van der Waals surface area (Å²) in [6.07, 6.45) is 6.67. The highest BCUT2D eigenvalue weighted by atomic mass is 35.5. The lowest BCUT2D eigenvalue weighted by molar-refractivity contribution is -0.144. The number of likely N-dealkylation sites (tertiary alicyclic amines) is 1. The number of amides is 4. The average Bonchev–Trinajstić information content (AvgIpc) is 3.43. The average molecular weight is 732 g/mol. The second kappa shape index (κ2) is 15.7. The second-order valence-corrected chi connectivity index (χ2v) is 15.3. The lowest BCUT2D eigenvalue weighted by Gasteiger charge is -2.35. The maximum Gasteiger partial charge on any atom is 0.408 e. The van der Waals surface area contributed by atoms with Crippen LogP contribution in [-0.2, 0) is 28.8 Å². The molecule has 280 valence electrons. The zero-order valence-electron chi connectivity index (χ0n) is 30.2. The van der Waals surface area contributed by atoms with Gasteiger partial charge in [-0.15, -0.1) is 0 Å². The Morgan fingerprint density at radius 2 is 1.73 bits per heavy atom. The SMILES string of the molecule is CCC[C@H](NC(=O)[C@@H]1C[C@]2(C=C(c3cc(Cl)c(OC)cc3OC)NO2)CN1C(=O)[C@@H](NC(=O)OC1CCCC1)C(C)(C)C)C(=O)C(=O)NC1CC1. The van der Waals surface area contributed by atoms with Gasteiger partial charge in [0.2, 0.25) is 17.6 Å². The molecule has 1 aromatic carbocycles. The molecule has 51 heavy (non-hydrogen) atoms. The van der Waals surface area contributed by atoms with Crippen LogP contribution in [0.25, 0.3) is 5.70 Å². The third-order valence-corrected chi connectivity index (χ3v) is 10.1. The van der Waals surface area contributed by atoms with Crippen molar-refractivity contribution >= 4 is 46.9 Å². The first kappa shape index (κ1) is 38.2. The first-order valence-electron chi connectivity index (χ1n) is 17.7. The van der Waals surface area contributed by atoms with Gasteiger partial charge in [-0.25, -0.2) is 4.79 Å². The summed E-state index contributed by atoms with van der Waals surface area (Å²) in [5.74, 6) is -1.77. The molecule has 4 aliphatic rings. The molecule has 1 saturated heterocycles. The van der Waals surface area contributed by atoms with Crippen molar-refractivity contribution in [3.05, 3.63) is 28.8 Å². The third kappa shape index (κ3) is 8.89. The van der Waals surface area contributed by atoms with Gasteiger partial charge in [-0.2, -0.15) is 0 Å². The number of methoxy groups -OCH3 is 2. The molecule has 2 saturated carbocycles. The number of hydrogen-bond acceptors (Lipinski definition) is 10. The summed E-state index contributed by atoms with van der Waals surface area (Å²) < 4.78 is 16.6. The number of hydroxylamine groups is 1. The molecular weight excluding hydrogens is 682 g/mol. The molecule has 0 radical (unpaired) electrons. The number of carbonyl (C=O) groups is 5. The maximum atomic E-state index is 14.6. The number of Topliss-reactive ketones (excluding diaryl/α,β-unsaturated/α-hetero) is 1. The fraction of sp³-hybridized carbons (Fsp3) is 0.639. The van der Waals surface area contributed by atoms with Gasteiger partial charge in [-0.3, -0.25) is 29.5 Å². The predicted molar refractivity (Wildman–Crippen MR) is 188 cm³/mol. The molecule has 1 aromatic rings. The molecule has 14 nitrogen and oxygen atoms in total. The van der Waals surface area contributed by atoms with E-state index in [9.17, 15) is 24.0 Å². The van der Waals surface area contributed by atoms with E-state index < -0.39 is 58.7 Å². The zero-order chi connectivity index (χ0) is 37.1. The molecule has 2 aliphatic carbocycles. The number of rotatable bonds is 13. The van der Waals surface area contributed by atoms with Crippen LogP contribution in [0.1, 0.15) is 91.0 Å². The number of nitrogens with zero attached hydrogens (tertiary/aromatic N) is 1. The van der Waals surface area contributed by atoms with Crippen molar-refractivity contribution < 1.29 is 43.0 Å². The molecule has 4 N–H and O–H groups in total. The zero-order valence-corrected chi connectivity index (χ0v) is 30.9. The van der Waals surface area contributed by atoms with Crippen LogP contribution in [0.5, 0.6) is 11.5 Å². The standard InChI is InChI=1S/C36H50ClN5O9/c1-7-10-24(29(43)32(45)38-20-13-14-20)39-31(44)26-18-36(17-25(41-51-36)22-15-23(37)28(49-6)16-27(22)48-5)19-42(26)33(46)30(35(2,3)4)40-34(47)50-21-11-8-9-12-21/h15-17,20-21,24,26,30,41H,7-14,18-19H2,1-6H3,(H,38,45)(H,39,44)(H,40,47)/t24-,26-,30+,36+/m0/s1. The number of alkyl carbamates (subject to hydrolysis) is 1. The number of nitrogens with one attached hydrogen (secondary N) is 4. The Morgan fingerprint density at radius 3 is 2.33 bits per heavy atom. The highest BCUT2D eigenvalue weighted by molar-refractivity contribution is 6.38. The van der Waals surface area contributed by atoms with E-state index in [1.807, 2.05) is 27.7 Å². The molecule has 2 heterocycles. The van der Waals surface area contributed by atoms with E-state index in [0.29, 0.717) is 34.2 Å². The smallest absolute Gasteiger partial charge is 0.408 e. The van der Waals surface area contributed by atoms with E-state index in [-0.39, 0.29) is 31.5 Å². The lowest BCUT2D eigenvalue weighted by atomic mass is 9.85. The van der Waals surface area contributed by atoms with Crippen LogP contribution in [-0.4, -0.2) is 91.1 Å². The highest BCUT2D eigenvalue weighted by Crippen LogP contribution is 2.42. The number of ketones is 1. The largest absolute Gasteiger partial charge is 0.496 e. The minimum atomic E-state index is -1.20. The van der Waals surface area contributed by atoms with Gasteiger partial charge >= 0.3 is 6.09 Å². The molecule has 0 bridgehead atoms. The number of halogens is 1. The highest BCUT2D eigenvalue weighted by Gasteiger charge is 2.54. The molecule has 3 fully saturated rings. The van der Waals surface area contributed by atoms with Crippen molar-refractivity contribution in [2.45, 2.75) is 121 Å². The Kier molecular flexibility index (Phi) is 11.7. The van der Waals surface area contributed by atoms with Gasteiger partial charge in [-0.1, -0.05) is 45.7 Å². The van der Waals surface area contributed by atoms with Crippen molar-refractivity contribution in [2.75, 3.05) is 20.8 Å². The Bertz CT molecular complexity index is 1550. The molecular formula is C36H50ClN5O9. The van der Waals surface area contributed by atoms with E-state index >= 15 is 0 Å². The summed E-state index contributed by atoms with van der Waals surface area (Å²) in [5.41, 5.74) is 1.99. The summed E-state index contributed by atoms with van der Waals surface area (Å²) in [7, 11) is 3.00. The molecule has 4 atom stereocenters. The fourth-order valence-corrected chi connectivity index (χ4v) is 7.06. The van der Waals surface area contributed by atoms with E-state index in [0.717, 1.165) is 38.5 Å². The van der Waals surface area contributed by atoms with Crippen molar-refractivity contribution in [3.63, 3.8) is 0 Å². The number of benzene rings is 1. The maximum absolute atomic E-state index is 14.6. The lowest BCUT2D eigenvalue weighted by Crippen LogP contribution is -2.59. The Balaban J connectivity index is 1.45. The predicted octanol–water partition coefficient (Wildman–Crippen LogP) is 3.79. The first-order valence-corrected chi connectivity index (χ1v) is 18.1. The summed E-state index contributed by atoms with van der Waals surface area (Å²) >= 11 is 6.46. The molecule has 15 heteroatoms. The number of carbonyl (C=O) groups excluding carboxylic acids is 5. The number of ether oxygens (including phenoxy) is 3. The molecule has 0 unspecified atom stereocenters. The van der Waals surface area contributed by atoms with Gasteiger partial charge in [-0.05, 0) is 62.5 Å². The van der Waals surface area contributed by atoms with Crippen molar-refractivity contribution in [2.24, 2.45) is 5.41 Å². The van der Waals surface area contributed by atoms with Gasteiger partial charge in [0, 0.05) is 24.1 Å². The van der Waals surface area contributed by atoms with Crippen LogP contribution < -0.4 is 30.9 Å². The summed E-state index contributed by atoms with van der Waals surface area (Å²) in [6, 6.07) is -0.0322. The van der Waals surface area contributed by atoms with Gasteiger partial charge in [0.1, 0.15) is 35.3 Å². The third-order valence-electron chi connectivity index (χ3n) is 9.77. The van der Waals surface area contributed by atoms with E-state index in [2.05, 4.69) is 21.4 Å². The van der Waals surface area contributed by atoms with Crippen molar-refractivity contribution in [1.29, 1.82) is 0 Å². The van der Waals surface area contributed by atoms with Crippen LogP contribution in [0.2, 0.25) is 5.02 Å². The molecule has 1 spiro atoms. The quantitative estimate of drug-likeness (QED) is 0.219. The second-order valence-electron chi connectivity index (χ2n) is 14.9. The molecule has 5 rings (SSSR count). The van der Waals surface area contributed by atoms with Crippen LogP contribution in [0.3, 0.4) is 0 Å². The van der Waals surface area contributed by atoms with E-state index in [4.69, 9.17) is 30.6 Å². The fourth-order valence-electron chi connectivity index (χ4n) is 6.82. The number of hydrogen-bond donors (Lipinski definition) is 4. The van der Waals surface area contributed by atoms with Crippen LogP contribution in [0.4, 0.5) is 4.79 Å². The van der Waals surface area contributed by atoms with Gasteiger partial charge in [0.05, 0.1) is 37.5 Å². The minimum absolute atomic E-state index is 0.00202. The summed E-state index contributed by atoms with van der Waals surface area (Å²) in [4.78, 5) is 75.3. The molecule has 2 aliphatic heterocycles. The Hall–Kier alpha value is -4.04. The Morgan fingerprint density at radius 1 is 1.04 bits per heavy atom. The minimum Gasteiger partial charge on any atom is -0.496 e. The Labute approximate surface area is 303 Å². The summed E-state index contributed by atoms with van der Waals surface area (Å²) in [5, 5.41) is 8.58. The topological polar surface area (TPSA) is 174 Å². The molecule has 0 aromatic heterocycles. The normalized spacial score (nSPS) is 22.8. The molecule has 4 amide bonds. The summed E-state index contributed by atoms with van der Waals surface area (Å²) in [6.45, 7) is 7.21. The van der Waals surface area contributed by atoms with Crippen molar-refractivity contribution in [3.8, 4) is 11.5 Å². The van der Waals surface area contributed by atoms with Crippen LogP contribution in [0, 0.1) is 5.41 Å². The van der Waals surface area contributed by atoms with Crippen LogP contribution >= 0.6 is 11.6 Å².